The fraction of sp³-hybridized carbons (Fsp3) is 0.438. The molecule has 1 atom stereocenters. The Hall–Kier alpha value is -2.35. The predicted molar refractivity (Wildman–Crippen MR) is 90.7 cm³/mol. The topological polar surface area (TPSA) is 101 Å². The lowest BCUT2D eigenvalue weighted by molar-refractivity contribution is -0.121. The summed E-state index contributed by atoms with van der Waals surface area (Å²) < 4.78 is 5.16. The number of nitrogens with two attached hydrogens (primary N) is 1. The number of aryl methyl sites for hydroxylation is 1. The van der Waals surface area contributed by atoms with Crippen LogP contribution in [0.25, 0.3) is 0 Å². The molecular weight excluding hydrogens is 328 g/mol. The molecule has 24 heavy (non-hydrogen) atoms. The Balaban J connectivity index is 1.56. The lowest BCUT2D eigenvalue weighted by Gasteiger charge is -2.32. The SMILES string of the molecule is Cc1nc(N)sc1CC(=O)N[C@H]1CCCN(C(=O)c2ccco2)C1. The van der Waals surface area contributed by atoms with E-state index in [9.17, 15) is 9.59 Å². The lowest BCUT2D eigenvalue weighted by Crippen LogP contribution is -2.49. The van der Waals surface area contributed by atoms with Gasteiger partial charge in [0.2, 0.25) is 5.91 Å². The predicted octanol–water partition coefficient (Wildman–Crippen LogP) is 1.59. The number of amides is 2. The molecule has 0 radical (unpaired) electrons. The summed E-state index contributed by atoms with van der Waals surface area (Å²) in [6, 6.07) is 3.30. The number of rotatable bonds is 4. The van der Waals surface area contributed by atoms with Crippen molar-refractivity contribution in [3.05, 3.63) is 34.7 Å². The number of hydrogen-bond acceptors (Lipinski definition) is 6. The van der Waals surface area contributed by atoms with Gasteiger partial charge in [-0.25, -0.2) is 4.98 Å². The molecule has 3 N–H and O–H groups in total. The first-order chi connectivity index (χ1) is 11.5. The molecule has 0 aromatic carbocycles. The van der Waals surface area contributed by atoms with Gasteiger partial charge in [0.05, 0.1) is 18.4 Å². The van der Waals surface area contributed by atoms with Gasteiger partial charge in [-0.15, -0.1) is 11.3 Å². The third kappa shape index (κ3) is 3.76. The average Bonchev–Trinajstić information content (AvgIpc) is 3.17. The van der Waals surface area contributed by atoms with Crippen LogP contribution in [0.3, 0.4) is 0 Å². The molecule has 7 nitrogen and oxygen atoms in total. The van der Waals surface area contributed by atoms with Crippen LogP contribution in [0.5, 0.6) is 0 Å². The second-order valence-electron chi connectivity index (χ2n) is 5.87. The van der Waals surface area contributed by atoms with Crippen LogP contribution in [-0.2, 0) is 11.2 Å². The van der Waals surface area contributed by atoms with Gasteiger partial charge in [-0.05, 0) is 31.9 Å². The number of carbonyl (C=O) groups excluding carboxylic acids is 2. The van der Waals surface area contributed by atoms with Crippen LogP contribution in [0, 0.1) is 6.92 Å². The maximum Gasteiger partial charge on any atom is 0.289 e. The van der Waals surface area contributed by atoms with Gasteiger partial charge in [-0.3, -0.25) is 9.59 Å². The average molecular weight is 348 g/mol. The van der Waals surface area contributed by atoms with Crippen molar-refractivity contribution in [2.45, 2.75) is 32.2 Å². The molecule has 0 spiro atoms. The van der Waals surface area contributed by atoms with Crippen molar-refractivity contribution in [3.8, 4) is 0 Å². The Bertz CT molecular complexity index is 726. The Morgan fingerprint density at radius 3 is 3.04 bits per heavy atom. The summed E-state index contributed by atoms with van der Waals surface area (Å²) in [5.74, 6) is 0.127. The van der Waals surface area contributed by atoms with Gasteiger partial charge < -0.3 is 20.4 Å². The number of anilines is 1. The Kier molecular flexibility index (Phi) is 4.84. The zero-order valence-electron chi connectivity index (χ0n) is 13.4. The largest absolute Gasteiger partial charge is 0.459 e. The van der Waals surface area contributed by atoms with Crippen LogP contribution in [-0.4, -0.2) is 40.8 Å². The first kappa shape index (κ1) is 16.5. The molecule has 128 valence electrons. The van der Waals surface area contributed by atoms with E-state index in [4.69, 9.17) is 10.2 Å². The van der Waals surface area contributed by atoms with Crippen LogP contribution in [0.2, 0.25) is 0 Å². The summed E-state index contributed by atoms with van der Waals surface area (Å²) in [7, 11) is 0. The van der Waals surface area contributed by atoms with E-state index in [0.29, 0.717) is 24.0 Å². The summed E-state index contributed by atoms with van der Waals surface area (Å²) in [6.45, 7) is 3.02. The number of hydrogen-bond donors (Lipinski definition) is 2. The van der Waals surface area contributed by atoms with Crippen molar-refractivity contribution in [2.24, 2.45) is 0 Å². The lowest BCUT2D eigenvalue weighted by atomic mass is 10.0. The van der Waals surface area contributed by atoms with E-state index in [1.165, 1.54) is 17.6 Å². The minimum atomic E-state index is -0.134. The highest BCUT2D eigenvalue weighted by Gasteiger charge is 2.27. The minimum Gasteiger partial charge on any atom is -0.459 e. The third-order valence-corrected chi connectivity index (χ3v) is 5.02. The number of piperidine rings is 1. The van der Waals surface area contributed by atoms with Crippen molar-refractivity contribution in [2.75, 3.05) is 18.8 Å². The number of likely N-dealkylation sites (tertiary alicyclic amines) is 1. The molecule has 0 unspecified atom stereocenters. The summed E-state index contributed by atoms with van der Waals surface area (Å²) >= 11 is 1.34. The third-order valence-electron chi connectivity index (χ3n) is 4.04. The molecule has 3 rings (SSSR count). The van der Waals surface area contributed by atoms with Gasteiger partial charge >= 0.3 is 0 Å². The number of nitrogens with one attached hydrogen (secondary N) is 1. The van der Waals surface area contributed by atoms with Crippen LogP contribution in [0.4, 0.5) is 5.13 Å². The molecule has 0 saturated carbocycles. The number of nitrogen functional groups attached to an aromatic ring is 1. The van der Waals surface area contributed by atoms with E-state index in [2.05, 4.69) is 10.3 Å². The second kappa shape index (κ2) is 7.04. The zero-order chi connectivity index (χ0) is 17.1. The molecule has 0 aliphatic carbocycles. The van der Waals surface area contributed by atoms with Gasteiger partial charge in [-0.2, -0.15) is 0 Å². The summed E-state index contributed by atoms with van der Waals surface area (Å²) in [4.78, 5) is 31.3. The highest BCUT2D eigenvalue weighted by Crippen LogP contribution is 2.20. The fourth-order valence-corrected chi connectivity index (χ4v) is 3.71. The van der Waals surface area contributed by atoms with Gasteiger partial charge in [0, 0.05) is 24.0 Å². The van der Waals surface area contributed by atoms with Crippen LogP contribution in [0.15, 0.2) is 22.8 Å². The molecule has 2 amide bonds. The smallest absolute Gasteiger partial charge is 0.289 e. The van der Waals surface area contributed by atoms with Crippen LogP contribution < -0.4 is 11.1 Å². The summed E-state index contributed by atoms with van der Waals surface area (Å²) in [5, 5.41) is 3.48. The van der Waals surface area contributed by atoms with Crippen molar-refractivity contribution in [3.63, 3.8) is 0 Å². The first-order valence-electron chi connectivity index (χ1n) is 7.87. The standard InChI is InChI=1S/C16H20N4O3S/c1-10-13(24-16(17)18-10)8-14(21)19-11-4-2-6-20(9-11)15(22)12-5-3-7-23-12/h3,5,7,11H,2,4,6,8-9H2,1H3,(H2,17,18)(H,19,21)/t11-/m0/s1. The molecule has 1 saturated heterocycles. The normalized spacial score (nSPS) is 17.7. The van der Waals surface area contributed by atoms with Crippen molar-refractivity contribution < 1.29 is 14.0 Å². The Morgan fingerprint density at radius 1 is 1.54 bits per heavy atom. The van der Waals surface area contributed by atoms with E-state index < -0.39 is 0 Å². The number of thiazole rings is 1. The van der Waals surface area contributed by atoms with Crippen molar-refractivity contribution in [1.82, 2.24) is 15.2 Å². The molecule has 1 fully saturated rings. The maximum atomic E-state index is 12.3. The molecule has 8 heteroatoms. The monoisotopic (exact) mass is 348 g/mol. The number of nitrogens with zero attached hydrogens (tertiary/aromatic N) is 2. The summed E-state index contributed by atoms with van der Waals surface area (Å²) in [6.07, 6.45) is 3.46. The van der Waals surface area contributed by atoms with E-state index in [1.54, 1.807) is 17.0 Å². The number of carbonyl (C=O) groups is 2. The second-order valence-corrected chi connectivity index (χ2v) is 6.99. The first-order valence-corrected chi connectivity index (χ1v) is 8.68. The van der Waals surface area contributed by atoms with Crippen molar-refractivity contribution >= 4 is 28.3 Å². The van der Waals surface area contributed by atoms with E-state index in [0.717, 1.165) is 23.4 Å². The Morgan fingerprint density at radius 2 is 2.38 bits per heavy atom. The number of furan rings is 1. The molecule has 1 aliphatic heterocycles. The fourth-order valence-electron chi connectivity index (χ4n) is 2.87. The maximum absolute atomic E-state index is 12.3. The van der Waals surface area contributed by atoms with E-state index >= 15 is 0 Å². The van der Waals surface area contributed by atoms with E-state index in [-0.39, 0.29) is 24.3 Å². The van der Waals surface area contributed by atoms with Crippen LogP contribution in [0.1, 0.15) is 34.0 Å². The molecule has 2 aromatic rings. The summed E-state index contributed by atoms with van der Waals surface area (Å²) in [5.41, 5.74) is 6.46. The molecule has 0 bridgehead atoms. The van der Waals surface area contributed by atoms with Gasteiger partial charge in [0.15, 0.2) is 10.9 Å². The molecule has 3 heterocycles. The zero-order valence-corrected chi connectivity index (χ0v) is 14.3. The molecular formula is C16H20N4O3S. The Labute approximate surface area is 143 Å². The van der Waals surface area contributed by atoms with Crippen molar-refractivity contribution in [1.29, 1.82) is 0 Å². The number of aromatic nitrogens is 1. The molecule has 1 aliphatic rings. The van der Waals surface area contributed by atoms with Gasteiger partial charge in [0.1, 0.15) is 0 Å². The van der Waals surface area contributed by atoms with Gasteiger partial charge in [0.25, 0.3) is 5.91 Å². The quantitative estimate of drug-likeness (QED) is 0.874. The highest BCUT2D eigenvalue weighted by atomic mass is 32.1. The van der Waals surface area contributed by atoms with Gasteiger partial charge in [-0.1, -0.05) is 0 Å². The van der Waals surface area contributed by atoms with Crippen LogP contribution >= 0.6 is 11.3 Å². The minimum absolute atomic E-state index is 0.0456. The molecule has 2 aromatic heterocycles. The van der Waals surface area contributed by atoms with E-state index in [1.807, 2.05) is 6.92 Å². The highest BCUT2D eigenvalue weighted by molar-refractivity contribution is 7.15.